The first-order valence-electron chi connectivity index (χ1n) is 10.1. The van der Waals surface area contributed by atoms with Gasteiger partial charge in [0.05, 0.1) is 16.3 Å². The molecule has 10 heteroatoms. The van der Waals surface area contributed by atoms with Crippen LogP contribution in [0.4, 0.5) is 5.82 Å². The first-order chi connectivity index (χ1) is 15.6. The van der Waals surface area contributed by atoms with Gasteiger partial charge in [-0.3, -0.25) is 4.79 Å². The fourth-order valence-corrected chi connectivity index (χ4v) is 4.83. The van der Waals surface area contributed by atoms with Crippen LogP contribution in [-0.4, -0.2) is 47.5 Å². The predicted molar refractivity (Wildman–Crippen MR) is 129 cm³/mol. The first-order valence-corrected chi connectivity index (χ1v) is 12.4. The van der Waals surface area contributed by atoms with Crippen LogP contribution in [0.25, 0.3) is 16.4 Å². The van der Waals surface area contributed by atoms with Crippen LogP contribution in [0.2, 0.25) is 0 Å². The van der Waals surface area contributed by atoms with Gasteiger partial charge < -0.3 is 5.32 Å². The third kappa shape index (κ3) is 4.72. The van der Waals surface area contributed by atoms with Gasteiger partial charge in [-0.05, 0) is 38.1 Å². The topological polar surface area (TPSA) is 97.2 Å². The molecule has 0 spiro atoms. The Kier molecular flexibility index (Phi) is 6.15. The molecule has 2 heterocycles. The SMILES string of the molecule is Cc1ccc(-c2csc(-n3nc(C)cc3NC(=O)c3ccc(S(=O)(=O)N(C)C)cc3)n2)cc1. The van der Waals surface area contributed by atoms with E-state index in [9.17, 15) is 13.2 Å². The Morgan fingerprint density at radius 3 is 2.33 bits per heavy atom. The number of hydrogen-bond acceptors (Lipinski definition) is 6. The standard InChI is InChI=1S/C23H23N5O3S2/c1-15-5-7-17(8-6-15)20-14-32-23(24-20)28-21(13-16(2)26-28)25-22(29)18-9-11-19(12-10-18)33(30,31)27(3)4/h5-14H,1-4H3,(H,25,29). The lowest BCUT2D eigenvalue weighted by molar-refractivity contribution is 0.102. The molecule has 0 fully saturated rings. The molecule has 0 saturated heterocycles. The van der Waals surface area contributed by atoms with E-state index in [0.29, 0.717) is 16.5 Å². The fourth-order valence-electron chi connectivity index (χ4n) is 3.13. The predicted octanol–water partition coefficient (Wildman–Crippen LogP) is 4.12. The Hall–Kier alpha value is -3.34. The van der Waals surface area contributed by atoms with Crippen LogP contribution < -0.4 is 5.32 Å². The van der Waals surface area contributed by atoms with Gasteiger partial charge in [-0.2, -0.15) is 9.78 Å². The molecule has 4 aromatic rings. The Morgan fingerprint density at radius 2 is 1.70 bits per heavy atom. The quantitative estimate of drug-likeness (QED) is 0.447. The van der Waals surface area contributed by atoms with Gasteiger partial charge in [0, 0.05) is 36.7 Å². The summed E-state index contributed by atoms with van der Waals surface area (Å²) in [4.78, 5) is 17.6. The lowest BCUT2D eigenvalue weighted by Crippen LogP contribution is -2.22. The van der Waals surface area contributed by atoms with E-state index in [1.165, 1.54) is 55.3 Å². The molecule has 8 nitrogen and oxygen atoms in total. The largest absolute Gasteiger partial charge is 0.306 e. The third-order valence-corrected chi connectivity index (χ3v) is 7.63. The van der Waals surface area contributed by atoms with Gasteiger partial charge in [-0.25, -0.2) is 17.7 Å². The number of amides is 1. The maximum Gasteiger partial charge on any atom is 0.256 e. The highest BCUT2D eigenvalue weighted by Crippen LogP contribution is 2.27. The van der Waals surface area contributed by atoms with Crippen LogP contribution in [0, 0.1) is 13.8 Å². The summed E-state index contributed by atoms with van der Waals surface area (Å²) in [6.45, 7) is 3.87. The van der Waals surface area contributed by atoms with E-state index < -0.39 is 10.0 Å². The van der Waals surface area contributed by atoms with Gasteiger partial charge in [-0.15, -0.1) is 11.3 Å². The van der Waals surface area contributed by atoms with Crippen LogP contribution in [0.5, 0.6) is 0 Å². The average molecular weight is 482 g/mol. The van der Waals surface area contributed by atoms with E-state index >= 15 is 0 Å². The summed E-state index contributed by atoms with van der Waals surface area (Å²) in [5, 5.41) is 9.91. The lowest BCUT2D eigenvalue weighted by Gasteiger charge is -2.11. The molecule has 0 bridgehead atoms. The van der Waals surface area contributed by atoms with Gasteiger partial charge in [0.2, 0.25) is 15.2 Å². The lowest BCUT2D eigenvalue weighted by atomic mass is 10.1. The molecule has 0 saturated carbocycles. The summed E-state index contributed by atoms with van der Waals surface area (Å²) in [6.07, 6.45) is 0. The second-order valence-electron chi connectivity index (χ2n) is 7.73. The van der Waals surface area contributed by atoms with Crippen LogP contribution in [0.3, 0.4) is 0 Å². The van der Waals surface area contributed by atoms with Crippen molar-refractivity contribution in [2.24, 2.45) is 0 Å². The molecule has 170 valence electrons. The Bertz CT molecular complexity index is 1400. The number of aryl methyl sites for hydroxylation is 2. The minimum Gasteiger partial charge on any atom is -0.306 e. The molecule has 0 aliphatic rings. The van der Waals surface area contributed by atoms with Gasteiger partial charge in [-0.1, -0.05) is 29.8 Å². The third-order valence-electron chi connectivity index (χ3n) is 4.99. The Balaban J connectivity index is 1.57. The van der Waals surface area contributed by atoms with Crippen molar-refractivity contribution < 1.29 is 13.2 Å². The Labute approximate surface area is 196 Å². The highest BCUT2D eigenvalue weighted by atomic mass is 32.2. The molecule has 0 radical (unpaired) electrons. The second kappa shape index (κ2) is 8.89. The highest BCUT2D eigenvalue weighted by molar-refractivity contribution is 7.89. The summed E-state index contributed by atoms with van der Waals surface area (Å²) in [7, 11) is -0.639. The number of benzene rings is 2. The fraction of sp³-hybridized carbons (Fsp3) is 0.174. The number of sulfonamides is 1. The van der Waals surface area contributed by atoms with Crippen LogP contribution in [0.15, 0.2) is 64.9 Å². The molecule has 0 unspecified atom stereocenters. The van der Waals surface area contributed by atoms with Gasteiger partial charge >= 0.3 is 0 Å². The van der Waals surface area contributed by atoms with Gasteiger partial charge in [0.15, 0.2) is 0 Å². The van der Waals surface area contributed by atoms with Crippen LogP contribution >= 0.6 is 11.3 Å². The number of hydrogen-bond donors (Lipinski definition) is 1. The van der Waals surface area contributed by atoms with E-state index in [1.807, 2.05) is 43.5 Å². The minimum absolute atomic E-state index is 0.122. The van der Waals surface area contributed by atoms with Crippen molar-refractivity contribution in [3.05, 3.63) is 76.8 Å². The van der Waals surface area contributed by atoms with E-state index in [1.54, 1.807) is 10.7 Å². The molecule has 0 atom stereocenters. The number of carbonyl (C=O) groups excluding carboxylic acids is 1. The summed E-state index contributed by atoms with van der Waals surface area (Å²) >= 11 is 1.43. The van der Waals surface area contributed by atoms with E-state index in [2.05, 4.69) is 15.4 Å². The number of nitrogens with zero attached hydrogens (tertiary/aromatic N) is 4. The van der Waals surface area contributed by atoms with E-state index in [-0.39, 0.29) is 10.8 Å². The summed E-state index contributed by atoms with van der Waals surface area (Å²) < 4.78 is 27.2. The van der Waals surface area contributed by atoms with Crippen LogP contribution in [0.1, 0.15) is 21.6 Å². The number of carbonyl (C=O) groups is 1. The van der Waals surface area contributed by atoms with Crippen molar-refractivity contribution in [2.45, 2.75) is 18.7 Å². The molecule has 2 aromatic heterocycles. The monoisotopic (exact) mass is 481 g/mol. The molecule has 1 amide bonds. The zero-order chi connectivity index (χ0) is 23.8. The van der Waals surface area contributed by atoms with Crippen molar-refractivity contribution in [3.8, 4) is 16.4 Å². The molecule has 1 N–H and O–H groups in total. The highest BCUT2D eigenvalue weighted by Gasteiger charge is 2.19. The van der Waals surface area contributed by atoms with Crippen molar-refractivity contribution in [1.29, 1.82) is 0 Å². The molecule has 0 aliphatic carbocycles. The molecule has 0 aliphatic heterocycles. The van der Waals surface area contributed by atoms with Crippen molar-refractivity contribution in [2.75, 3.05) is 19.4 Å². The molecule has 33 heavy (non-hydrogen) atoms. The van der Waals surface area contributed by atoms with E-state index in [0.717, 1.165) is 21.3 Å². The number of anilines is 1. The zero-order valence-electron chi connectivity index (χ0n) is 18.6. The maximum atomic E-state index is 12.8. The average Bonchev–Trinajstić information content (AvgIpc) is 3.41. The zero-order valence-corrected chi connectivity index (χ0v) is 20.2. The molecular weight excluding hydrogens is 458 g/mol. The smallest absolute Gasteiger partial charge is 0.256 e. The summed E-state index contributed by atoms with van der Waals surface area (Å²) in [5.41, 5.74) is 4.07. The summed E-state index contributed by atoms with van der Waals surface area (Å²) in [5.74, 6) is 0.104. The van der Waals surface area contributed by atoms with E-state index in [4.69, 9.17) is 0 Å². The number of rotatable bonds is 6. The second-order valence-corrected chi connectivity index (χ2v) is 10.7. The number of nitrogens with one attached hydrogen (secondary N) is 1. The molecule has 2 aromatic carbocycles. The van der Waals surface area contributed by atoms with Crippen molar-refractivity contribution in [3.63, 3.8) is 0 Å². The van der Waals surface area contributed by atoms with Crippen molar-refractivity contribution in [1.82, 2.24) is 19.1 Å². The minimum atomic E-state index is -3.56. The normalized spacial score (nSPS) is 11.7. The van der Waals surface area contributed by atoms with Gasteiger partial charge in [0.25, 0.3) is 5.91 Å². The van der Waals surface area contributed by atoms with Crippen LogP contribution in [-0.2, 0) is 10.0 Å². The Morgan fingerprint density at radius 1 is 1.03 bits per heavy atom. The molecule has 4 rings (SSSR count). The number of aromatic nitrogens is 3. The maximum absolute atomic E-state index is 12.8. The molecular formula is C23H23N5O3S2. The summed E-state index contributed by atoms with van der Waals surface area (Å²) in [6, 6.07) is 15.7. The van der Waals surface area contributed by atoms with Gasteiger partial charge in [0.1, 0.15) is 5.82 Å². The number of thiazole rings is 1. The van der Waals surface area contributed by atoms with Crippen molar-refractivity contribution >= 4 is 33.1 Å². The first kappa shape index (κ1) is 22.8.